The molecule has 3 heterocycles. The van der Waals surface area contributed by atoms with E-state index in [0.29, 0.717) is 18.8 Å². The fourth-order valence-corrected chi connectivity index (χ4v) is 3.54. The van der Waals surface area contributed by atoms with Crippen LogP contribution in [-0.4, -0.2) is 70.2 Å². The molecule has 10 heteroatoms. The number of aromatic nitrogens is 2. The summed E-state index contributed by atoms with van der Waals surface area (Å²) in [5, 5.41) is 2.81. The largest absolute Gasteiger partial charge is 0.416 e. The van der Waals surface area contributed by atoms with Crippen LogP contribution in [0.25, 0.3) is 0 Å². The first-order chi connectivity index (χ1) is 15.6. The summed E-state index contributed by atoms with van der Waals surface area (Å²) in [7, 11) is 0. The number of ether oxygens (including phenoxy) is 1. The number of urea groups is 1. The highest BCUT2D eigenvalue weighted by molar-refractivity contribution is 7.82. The summed E-state index contributed by atoms with van der Waals surface area (Å²) in [4.78, 5) is 37.4. The Balaban J connectivity index is 1.44. The second kappa shape index (κ2) is 10.8. The minimum Gasteiger partial charge on any atom is -0.391 e. The maximum Gasteiger partial charge on any atom is 0.416 e. The average molecular weight is 473 g/mol. The number of amides is 3. The molecule has 178 valence electrons. The molecule has 0 saturated carbocycles. The Morgan fingerprint density at radius 1 is 1.15 bits per heavy atom. The first kappa shape index (κ1) is 24.8. The van der Waals surface area contributed by atoms with Gasteiger partial charge in [-0.2, -0.15) is 0 Å². The van der Waals surface area contributed by atoms with Crippen LogP contribution in [0.15, 0.2) is 36.5 Å². The Morgan fingerprint density at radius 3 is 2.48 bits per heavy atom. The molecule has 1 saturated heterocycles. The molecule has 1 aliphatic heterocycles. The summed E-state index contributed by atoms with van der Waals surface area (Å²) in [5.74, 6) is 0.176. The molecule has 2 aromatic heterocycles. The lowest BCUT2D eigenvalue weighted by Gasteiger charge is -2.33. The topological polar surface area (TPSA) is 90.9 Å². The van der Waals surface area contributed by atoms with Gasteiger partial charge in [-0.05, 0) is 45.9 Å². The number of nitrogens with one attached hydrogen (secondary N) is 1. The normalized spacial score (nSPS) is 14.6. The van der Waals surface area contributed by atoms with Crippen LogP contribution in [0.1, 0.15) is 32.2 Å². The Morgan fingerprint density at radius 2 is 1.88 bits per heavy atom. The van der Waals surface area contributed by atoms with Crippen molar-refractivity contribution in [2.45, 2.75) is 39.7 Å². The third kappa shape index (κ3) is 7.61. The summed E-state index contributed by atoms with van der Waals surface area (Å²) in [6.07, 6.45) is 1.90. The van der Waals surface area contributed by atoms with Crippen molar-refractivity contribution < 1.29 is 14.3 Å². The standard InChI is InChI=1S/C23H32N6O3S/c1-17-6-5-7-18(25-17)10-11-27-12-14-28(15-13-27)22(31)32-20-9-8-19(16-24-20)29(33)21(30)26-23(2,3)4/h5-9,16,33H,10-15H2,1-4H3,(H,26,30). The number of aryl methyl sites for hydroxylation is 1. The summed E-state index contributed by atoms with van der Waals surface area (Å²) in [6.45, 7) is 11.3. The van der Waals surface area contributed by atoms with E-state index in [1.165, 1.54) is 6.20 Å². The molecule has 3 amide bonds. The van der Waals surface area contributed by atoms with Gasteiger partial charge in [0.05, 0.1) is 11.9 Å². The van der Waals surface area contributed by atoms with Gasteiger partial charge in [0.1, 0.15) is 0 Å². The number of hydrogen-bond donors (Lipinski definition) is 2. The summed E-state index contributed by atoms with van der Waals surface area (Å²) < 4.78 is 6.57. The number of thiol groups is 1. The number of anilines is 1. The molecule has 0 bridgehead atoms. The van der Waals surface area contributed by atoms with Crippen molar-refractivity contribution in [3.05, 3.63) is 47.9 Å². The van der Waals surface area contributed by atoms with Crippen LogP contribution in [0.4, 0.5) is 15.3 Å². The molecule has 1 fully saturated rings. The lowest BCUT2D eigenvalue weighted by Crippen LogP contribution is -2.50. The molecular weight excluding hydrogens is 440 g/mol. The zero-order valence-corrected chi connectivity index (χ0v) is 20.5. The van der Waals surface area contributed by atoms with E-state index in [9.17, 15) is 9.59 Å². The number of pyridine rings is 2. The van der Waals surface area contributed by atoms with Crippen LogP contribution in [0, 0.1) is 6.92 Å². The molecule has 0 aliphatic carbocycles. The number of piperazine rings is 1. The van der Waals surface area contributed by atoms with E-state index in [1.54, 1.807) is 17.0 Å². The van der Waals surface area contributed by atoms with E-state index in [1.807, 2.05) is 45.9 Å². The number of hydrogen-bond acceptors (Lipinski definition) is 7. The Kier molecular flexibility index (Phi) is 8.15. The molecular formula is C23H32N6O3S. The molecule has 0 radical (unpaired) electrons. The maximum absolute atomic E-state index is 12.5. The summed E-state index contributed by atoms with van der Waals surface area (Å²) >= 11 is 4.22. The average Bonchev–Trinajstić information content (AvgIpc) is 2.77. The van der Waals surface area contributed by atoms with E-state index in [4.69, 9.17) is 4.74 Å². The van der Waals surface area contributed by atoms with Crippen LogP contribution < -0.4 is 14.4 Å². The smallest absolute Gasteiger partial charge is 0.391 e. The van der Waals surface area contributed by atoms with Crippen molar-refractivity contribution in [2.24, 2.45) is 0 Å². The molecule has 0 spiro atoms. The minimum absolute atomic E-state index is 0.176. The Hall–Kier alpha value is -2.85. The lowest BCUT2D eigenvalue weighted by molar-refractivity contribution is 0.110. The minimum atomic E-state index is -0.427. The zero-order valence-electron chi connectivity index (χ0n) is 19.6. The predicted molar refractivity (Wildman–Crippen MR) is 131 cm³/mol. The van der Waals surface area contributed by atoms with Crippen molar-refractivity contribution in [3.8, 4) is 5.88 Å². The lowest BCUT2D eigenvalue weighted by atomic mass is 10.1. The van der Waals surface area contributed by atoms with Gasteiger partial charge in [0.15, 0.2) is 0 Å². The van der Waals surface area contributed by atoms with Crippen LogP contribution in [0.2, 0.25) is 0 Å². The number of carbonyl (C=O) groups is 2. The van der Waals surface area contributed by atoms with E-state index < -0.39 is 6.09 Å². The van der Waals surface area contributed by atoms with Crippen molar-refractivity contribution in [3.63, 3.8) is 0 Å². The number of nitrogens with zero attached hydrogens (tertiary/aromatic N) is 5. The monoisotopic (exact) mass is 472 g/mol. The first-order valence-electron chi connectivity index (χ1n) is 11.0. The zero-order chi connectivity index (χ0) is 24.0. The van der Waals surface area contributed by atoms with Crippen molar-refractivity contribution in [1.82, 2.24) is 25.1 Å². The molecule has 0 unspecified atom stereocenters. The predicted octanol–water partition coefficient (Wildman–Crippen LogP) is 3.30. The molecule has 0 aromatic carbocycles. The van der Waals surface area contributed by atoms with E-state index in [0.717, 1.165) is 41.7 Å². The van der Waals surface area contributed by atoms with Gasteiger partial charge in [0, 0.05) is 62.1 Å². The molecule has 1 aliphatic rings. The van der Waals surface area contributed by atoms with Crippen LogP contribution in [0.5, 0.6) is 5.88 Å². The molecule has 33 heavy (non-hydrogen) atoms. The van der Waals surface area contributed by atoms with Gasteiger partial charge in [-0.3, -0.25) is 9.88 Å². The van der Waals surface area contributed by atoms with Gasteiger partial charge < -0.3 is 15.0 Å². The van der Waals surface area contributed by atoms with Gasteiger partial charge in [-0.25, -0.2) is 18.9 Å². The summed E-state index contributed by atoms with van der Waals surface area (Å²) in [6, 6.07) is 8.87. The Bertz CT molecular complexity index is 955. The molecule has 9 nitrogen and oxygen atoms in total. The Labute approximate surface area is 200 Å². The highest BCUT2D eigenvalue weighted by Crippen LogP contribution is 2.19. The second-order valence-corrected chi connectivity index (χ2v) is 9.46. The van der Waals surface area contributed by atoms with E-state index in [-0.39, 0.29) is 17.5 Å². The third-order valence-corrected chi connectivity index (χ3v) is 5.50. The number of carbonyl (C=O) groups excluding carboxylic acids is 2. The van der Waals surface area contributed by atoms with Crippen molar-refractivity contribution in [1.29, 1.82) is 0 Å². The summed E-state index contributed by atoms with van der Waals surface area (Å²) in [5.41, 5.74) is 2.19. The third-order valence-electron chi connectivity index (χ3n) is 5.09. The van der Waals surface area contributed by atoms with Crippen LogP contribution in [-0.2, 0) is 6.42 Å². The van der Waals surface area contributed by atoms with Gasteiger partial charge in [-0.1, -0.05) is 18.9 Å². The molecule has 3 rings (SSSR count). The van der Waals surface area contributed by atoms with Crippen LogP contribution >= 0.6 is 12.8 Å². The highest BCUT2D eigenvalue weighted by Gasteiger charge is 2.23. The molecule has 2 aromatic rings. The first-order valence-corrected chi connectivity index (χ1v) is 11.4. The van der Waals surface area contributed by atoms with Crippen molar-refractivity contribution in [2.75, 3.05) is 37.0 Å². The van der Waals surface area contributed by atoms with E-state index >= 15 is 0 Å². The quantitative estimate of drug-likeness (QED) is 0.649. The SMILES string of the molecule is Cc1cccc(CCN2CCN(C(=O)Oc3ccc(N(S)C(=O)NC(C)(C)C)cn3)CC2)n1. The van der Waals surface area contributed by atoms with Gasteiger partial charge in [0.25, 0.3) is 0 Å². The second-order valence-electron chi connectivity index (χ2n) is 9.06. The van der Waals surface area contributed by atoms with Gasteiger partial charge >= 0.3 is 12.1 Å². The molecule has 1 N–H and O–H groups in total. The maximum atomic E-state index is 12.5. The van der Waals surface area contributed by atoms with Crippen molar-refractivity contribution >= 4 is 30.6 Å². The van der Waals surface area contributed by atoms with Crippen LogP contribution in [0.3, 0.4) is 0 Å². The molecule has 0 atom stereocenters. The van der Waals surface area contributed by atoms with Gasteiger partial charge in [-0.15, -0.1) is 0 Å². The number of rotatable bonds is 5. The fourth-order valence-electron chi connectivity index (χ4n) is 3.37. The van der Waals surface area contributed by atoms with E-state index in [2.05, 4.69) is 33.0 Å². The highest BCUT2D eigenvalue weighted by atomic mass is 32.1. The fraction of sp³-hybridized carbons (Fsp3) is 0.478. The van der Waals surface area contributed by atoms with Gasteiger partial charge in [0.2, 0.25) is 5.88 Å².